The summed E-state index contributed by atoms with van der Waals surface area (Å²) in [6.07, 6.45) is 1.83. The second-order valence-electron chi connectivity index (χ2n) is 1.84. The van der Waals surface area contributed by atoms with Crippen molar-refractivity contribution in [2.24, 2.45) is 0 Å². The van der Waals surface area contributed by atoms with E-state index in [4.69, 9.17) is 5.11 Å². The van der Waals surface area contributed by atoms with E-state index < -0.39 is 0 Å². The lowest BCUT2D eigenvalue weighted by atomic mass is 10.5. The summed E-state index contributed by atoms with van der Waals surface area (Å²) in [6, 6.07) is 0. The molecule has 4 nitrogen and oxygen atoms in total. The van der Waals surface area contributed by atoms with Crippen LogP contribution in [0.15, 0.2) is 11.9 Å². The van der Waals surface area contributed by atoms with Crippen molar-refractivity contribution >= 4 is 0 Å². The minimum absolute atomic E-state index is 0.0590. The molecule has 3 N–H and O–H groups in total. The van der Waals surface area contributed by atoms with Crippen molar-refractivity contribution < 1.29 is 5.11 Å². The Morgan fingerprint density at radius 3 is 2.89 bits per heavy atom. The lowest BCUT2D eigenvalue weighted by Crippen LogP contribution is -2.36. The maximum Gasteiger partial charge on any atom is 0.0857 e. The average Bonchev–Trinajstić information content (AvgIpc) is 2.34. The van der Waals surface area contributed by atoms with Gasteiger partial charge in [0.05, 0.1) is 12.3 Å². The third-order valence-electron chi connectivity index (χ3n) is 1.18. The number of hydrazine groups is 2. The minimum Gasteiger partial charge on any atom is -0.390 e. The summed E-state index contributed by atoms with van der Waals surface area (Å²) in [6.45, 7) is 2.96. The summed E-state index contributed by atoms with van der Waals surface area (Å²) in [5.74, 6) is 0. The molecule has 4 heteroatoms. The van der Waals surface area contributed by atoms with E-state index in [1.165, 1.54) is 0 Å². The summed E-state index contributed by atoms with van der Waals surface area (Å²) in [4.78, 5) is 0. The second-order valence-corrected chi connectivity index (χ2v) is 1.84. The molecule has 9 heavy (non-hydrogen) atoms. The Labute approximate surface area is 54.1 Å². The van der Waals surface area contributed by atoms with Crippen LogP contribution in [0.4, 0.5) is 0 Å². The molecule has 1 rings (SSSR count). The molecule has 0 aromatic heterocycles. The molecule has 0 bridgehead atoms. The smallest absolute Gasteiger partial charge is 0.0857 e. The van der Waals surface area contributed by atoms with E-state index in [0.717, 1.165) is 12.2 Å². The molecule has 0 unspecified atom stereocenters. The molecule has 0 saturated heterocycles. The summed E-state index contributed by atoms with van der Waals surface area (Å²) >= 11 is 0. The van der Waals surface area contributed by atoms with Gasteiger partial charge in [0.1, 0.15) is 0 Å². The molecule has 1 aliphatic rings. The number of aliphatic hydroxyl groups is 1. The molecule has 0 atom stereocenters. The van der Waals surface area contributed by atoms with Gasteiger partial charge in [-0.2, -0.15) is 0 Å². The lowest BCUT2D eigenvalue weighted by molar-refractivity contribution is 0.276. The van der Waals surface area contributed by atoms with Crippen molar-refractivity contribution in [2.75, 3.05) is 13.2 Å². The highest BCUT2D eigenvalue weighted by atomic mass is 16.3. The number of nitrogens with zero attached hydrogens (tertiary/aromatic N) is 1. The Kier molecular flexibility index (Phi) is 1.92. The third-order valence-corrected chi connectivity index (χ3v) is 1.18. The molecule has 0 aromatic rings. The molecule has 0 aliphatic carbocycles. The van der Waals surface area contributed by atoms with E-state index in [-0.39, 0.29) is 6.61 Å². The lowest BCUT2D eigenvalue weighted by Gasteiger charge is -2.10. The number of hydrogen-bond donors (Lipinski definition) is 3. The maximum atomic E-state index is 8.58. The van der Waals surface area contributed by atoms with E-state index in [1.54, 1.807) is 0 Å². The predicted octanol–water partition coefficient (Wildman–Crippen LogP) is -0.835. The SMILES string of the molecule is CCN1C=C(CO)NN1. The van der Waals surface area contributed by atoms with Gasteiger partial charge >= 0.3 is 0 Å². The van der Waals surface area contributed by atoms with Gasteiger partial charge in [0, 0.05) is 12.7 Å². The van der Waals surface area contributed by atoms with E-state index in [2.05, 4.69) is 11.0 Å². The highest BCUT2D eigenvalue weighted by Gasteiger charge is 2.05. The maximum absolute atomic E-state index is 8.58. The quantitative estimate of drug-likeness (QED) is 0.455. The zero-order chi connectivity index (χ0) is 6.69. The van der Waals surface area contributed by atoms with Gasteiger partial charge in [0.15, 0.2) is 0 Å². The average molecular weight is 129 g/mol. The molecule has 0 fully saturated rings. The Balaban J connectivity index is 2.40. The van der Waals surface area contributed by atoms with E-state index in [1.807, 2.05) is 18.1 Å². The van der Waals surface area contributed by atoms with Gasteiger partial charge in [-0.15, -0.1) is 5.53 Å². The Hall–Kier alpha value is -0.740. The topological polar surface area (TPSA) is 47.5 Å². The first-order valence-corrected chi connectivity index (χ1v) is 2.96. The number of hydrogen-bond acceptors (Lipinski definition) is 4. The van der Waals surface area contributed by atoms with Crippen LogP contribution in [0, 0.1) is 0 Å². The fraction of sp³-hybridized carbons (Fsp3) is 0.600. The fourth-order valence-corrected chi connectivity index (χ4v) is 0.647. The van der Waals surface area contributed by atoms with E-state index in [0.29, 0.717) is 0 Å². The minimum atomic E-state index is 0.0590. The monoisotopic (exact) mass is 129 g/mol. The Morgan fingerprint density at radius 1 is 1.78 bits per heavy atom. The Morgan fingerprint density at radius 2 is 2.56 bits per heavy atom. The highest BCUT2D eigenvalue weighted by Crippen LogP contribution is 1.95. The molecule has 1 aliphatic heterocycles. The van der Waals surface area contributed by atoms with Crippen LogP contribution >= 0.6 is 0 Å². The molecule has 0 saturated carbocycles. The largest absolute Gasteiger partial charge is 0.390 e. The summed E-state index contributed by atoms with van der Waals surface area (Å²) < 4.78 is 0. The van der Waals surface area contributed by atoms with Crippen molar-refractivity contribution in [1.82, 2.24) is 16.0 Å². The summed E-state index contributed by atoms with van der Waals surface area (Å²) in [7, 11) is 0. The third kappa shape index (κ3) is 1.34. The molecule has 52 valence electrons. The summed E-state index contributed by atoms with van der Waals surface area (Å²) in [5, 5.41) is 10.4. The molecule has 0 radical (unpaired) electrons. The van der Waals surface area contributed by atoms with Crippen LogP contribution < -0.4 is 11.0 Å². The van der Waals surface area contributed by atoms with Crippen LogP contribution in [0.1, 0.15) is 6.92 Å². The molecule has 0 spiro atoms. The molecule has 1 heterocycles. The molecule has 0 amide bonds. The van der Waals surface area contributed by atoms with Crippen molar-refractivity contribution in [3.63, 3.8) is 0 Å². The second kappa shape index (κ2) is 2.70. The first-order valence-electron chi connectivity index (χ1n) is 2.96. The van der Waals surface area contributed by atoms with Crippen LogP contribution in [0.3, 0.4) is 0 Å². The first-order chi connectivity index (χ1) is 4.36. The number of nitrogens with one attached hydrogen (secondary N) is 2. The van der Waals surface area contributed by atoms with E-state index >= 15 is 0 Å². The molecule has 0 aromatic carbocycles. The highest BCUT2D eigenvalue weighted by molar-refractivity contribution is 5.00. The van der Waals surface area contributed by atoms with Crippen molar-refractivity contribution in [1.29, 1.82) is 0 Å². The van der Waals surface area contributed by atoms with Crippen molar-refractivity contribution in [3.05, 3.63) is 11.9 Å². The van der Waals surface area contributed by atoms with Crippen molar-refractivity contribution in [3.8, 4) is 0 Å². The van der Waals surface area contributed by atoms with Crippen LogP contribution in [0.25, 0.3) is 0 Å². The van der Waals surface area contributed by atoms with Gasteiger partial charge < -0.3 is 10.5 Å². The normalized spacial score (nSPS) is 17.6. The number of rotatable bonds is 2. The van der Waals surface area contributed by atoms with Gasteiger partial charge in [-0.3, -0.25) is 5.01 Å². The van der Waals surface area contributed by atoms with Gasteiger partial charge in [0.25, 0.3) is 0 Å². The fourth-order valence-electron chi connectivity index (χ4n) is 0.647. The van der Waals surface area contributed by atoms with Gasteiger partial charge in [-0.25, -0.2) is 0 Å². The predicted molar refractivity (Wildman–Crippen MR) is 33.8 cm³/mol. The van der Waals surface area contributed by atoms with E-state index in [9.17, 15) is 0 Å². The van der Waals surface area contributed by atoms with Crippen LogP contribution in [0.5, 0.6) is 0 Å². The van der Waals surface area contributed by atoms with Crippen LogP contribution in [-0.2, 0) is 0 Å². The molecular weight excluding hydrogens is 118 g/mol. The van der Waals surface area contributed by atoms with Crippen LogP contribution in [0.2, 0.25) is 0 Å². The van der Waals surface area contributed by atoms with Gasteiger partial charge in [0.2, 0.25) is 0 Å². The summed E-state index contributed by atoms with van der Waals surface area (Å²) in [5.41, 5.74) is 6.43. The zero-order valence-electron chi connectivity index (χ0n) is 5.39. The zero-order valence-corrected chi connectivity index (χ0v) is 5.39. The first kappa shape index (κ1) is 6.38. The van der Waals surface area contributed by atoms with Gasteiger partial charge in [-0.05, 0) is 6.92 Å². The molecular formula is C5H11N3O. The standard InChI is InChI=1S/C5H11N3O/c1-2-8-3-5(4-9)6-7-8/h3,6-7,9H,2,4H2,1H3. The van der Waals surface area contributed by atoms with Gasteiger partial charge in [-0.1, -0.05) is 0 Å². The Bertz CT molecular complexity index is 123. The number of aliphatic hydroxyl groups excluding tert-OH is 1. The van der Waals surface area contributed by atoms with Crippen LogP contribution in [-0.4, -0.2) is 23.3 Å². The van der Waals surface area contributed by atoms with Crippen molar-refractivity contribution in [2.45, 2.75) is 6.92 Å².